The maximum absolute atomic E-state index is 12.1. The fraction of sp³-hybridized carbons (Fsp3) is 0.417. The minimum absolute atomic E-state index is 0.126. The first kappa shape index (κ1) is 23.2. The lowest BCUT2D eigenvalue weighted by molar-refractivity contribution is -0.145. The molecule has 2 heterocycles. The Morgan fingerprint density at radius 3 is 1.65 bits per heavy atom. The van der Waals surface area contributed by atoms with Crippen LogP contribution in [-0.4, -0.2) is 50.8 Å². The molecular weight excluding hydrogens is 412 g/mol. The second-order valence-electron chi connectivity index (χ2n) is 8.70. The Bertz CT molecular complexity index is 838. The van der Waals surface area contributed by atoms with Crippen molar-refractivity contribution < 1.29 is 28.6 Å². The molecule has 2 fully saturated rings. The van der Waals surface area contributed by atoms with Gasteiger partial charge in [-0.2, -0.15) is 0 Å². The van der Waals surface area contributed by atoms with Crippen molar-refractivity contribution in [3.05, 3.63) is 60.7 Å². The topological polar surface area (TPSA) is 82.1 Å². The molecule has 2 aromatic carbocycles. The summed E-state index contributed by atoms with van der Waals surface area (Å²) in [5.74, 6) is -0.719. The molecule has 166 valence electrons. The average molecular weight is 443 g/mol. The van der Waals surface area contributed by atoms with Crippen LogP contribution >= 0.6 is 0 Å². The standard InChI is InChI=1S/C20H24O3Si.C4H6O3/c1-20(2,3)24(16-10-6-4-7-11-16,17-12-8-5-9-13-17)23-18-14-15-22-19(18)21;5-3-1-2-7-4(3)6/h4-13,18H,14-15H2,1-3H3;3,5H,1-2H2/t18-;3-/m11/s1. The molecule has 0 aromatic heterocycles. The molecule has 2 saturated heterocycles. The molecule has 2 aliphatic heterocycles. The Balaban J connectivity index is 0.000000330. The number of esters is 2. The van der Waals surface area contributed by atoms with E-state index in [9.17, 15) is 9.59 Å². The van der Waals surface area contributed by atoms with Gasteiger partial charge in [-0.05, 0) is 15.4 Å². The van der Waals surface area contributed by atoms with E-state index >= 15 is 0 Å². The number of benzene rings is 2. The first-order chi connectivity index (χ1) is 14.8. The van der Waals surface area contributed by atoms with Crippen molar-refractivity contribution in [1.29, 1.82) is 0 Å². The van der Waals surface area contributed by atoms with Gasteiger partial charge in [0.2, 0.25) is 0 Å². The van der Waals surface area contributed by atoms with Gasteiger partial charge in [-0.1, -0.05) is 81.4 Å². The summed E-state index contributed by atoms with van der Waals surface area (Å²) < 4.78 is 16.2. The van der Waals surface area contributed by atoms with E-state index in [1.807, 2.05) is 36.4 Å². The van der Waals surface area contributed by atoms with E-state index in [1.165, 1.54) is 10.4 Å². The molecule has 2 aromatic rings. The summed E-state index contributed by atoms with van der Waals surface area (Å²) in [7, 11) is -2.66. The first-order valence-corrected chi connectivity index (χ1v) is 12.5. The van der Waals surface area contributed by atoms with Gasteiger partial charge in [0.1, 0.15) is 6.10 Å². The molecular formula is C24H30O6Si. The molecule has 7 heteroatoms. The SMILES string of the molecule is CC(C)(C)[Si](O[C@@H]1CCOC1=O)(c1ccccc1)c1ccccc1.O=C1OCC[C@H]1O. The predicted molar refractivity (Wildman–Crippen MR) is 120 cm³/mol. The molecule has 0 radical (unpaired) electrons. The summed E-state index contributed by atoms with van der Waals surface area (Å²) in [6.45, 7) is 7.44. The summed E-state index contributed by atoms with van der Waals surface area (Å²) in [6, 6.07) is 20.7. The van der Waals surface area contributed by atoms with Crippen LogP contribution in [-0.2, 0) is 23.5 Å². The molecule has 2 aliphatic rings. The summed E-state index contributed by atoms with van der Waals surface area (Å²) in [5.41, 5.74) is 0. The summed E-state index contributed by atoms with van der Waals surface area (Å²) in [5, 5.41) is 10.8. The van der Waals surface area contributed by atoms with Gasteiger partial charge in [-0.25, -0.2) is 9.59 Å². The van der Waals surface area contributed by atoms with Crippen LogP contribution in [0.1, 0.15) is 33.6 Å². The second-order valence-corrected chi connectivity index (χ2v) is 13.0. The summed E-state index contributed by atoms with van der Waals surface area (Å²) in [6.07, 6.45) is -0.237. The molecule has 31 heavy (non-hydrogen) atoms. The quantitative estimate of drug-likeness (QED) is 0.577. The molecule has 0 saturated carbocycles. The maximum Gasteiger partial charge on any atom is 0.335 e. The van der Waals surface area contributed by atoms with Gasteiger partial charge in [0.25, 0.3) is 8.32 Å². The summed E-state index contributed by atoms with van der Waals surface area (Å²) >= 11 is 0. The van der Waals surface area contributed by atoms with E-state index in [4.69, 9.17) is 14.3 Å². The second kappa shape index (κ2) is 9.76. The van der Waals surface area contributed by atoms with E-state index in [2.05, 4.69) is 49.8 Å². The maximum atomic E-state index is 12.1. The Hall–Kier alpha value is -2.48. The third-order valence-electron chi connectivity index (χ3n) is 5.53. The van der Waals surface area contributed by atoms with Crippen LogP contribution in [0.4, 0.5) is 0 Å². The van der Waals surface area contributed by atoms with Gasteiger partial charge in [0.15, 0.2) is 6.10 Å². The van der Waals surface area contributed by atoms with Gasteiger partial charge in [-0.15, -0.1) is 0 Å². The highest BCUT2D eigenvalue weighted by atomic mass is 28.4. The van der Waals surface area contributed by atoms with Crippen molar-refractivity contribution in [2.75, 3.05) is 13.2 Å². The van der Waals surface area contributed by atoms with E-state index in [0.29, 0.717) is 26.1 Å². The number of carbonyl (C=O) groups is 2. The smallest absolute Gasteiger partial charge is 0.335 e. The Labute approximate surface area is 184 Å². The highest BCUT2D eigenvalue weighted by Crippen LogP contribution is 2.38. The number of aliphatic hydroxyl groups excluding tert-OH is 1. The van der Waals surface area contributed by atoms with Gasteiger partial charge in [-0.3, -0.25) is 0 Å². The number of aliphatic hydroxyl groups is 1. The van der Waals surface area contributed by atoms with Gasteiger partial charge in [0.05, 0.1) is 13.2 Å². The van der Waals surface area contributed by atoms with E-state index in [0.717, 1.165) is 0 Å². The Morgan fingerprint density at radius 1 is 0.839 bits per heavy atom. The number of cyclic esters (lactones) is 2. The number of carbonyl (C=O) groups excluding carboxylic acids is 2. The molecule has 0 amide bonds. The van der Waals surface area contributed by atoms with Crippen LogP contribution < -0.4 is 10.4 Å². The Kier molecular flexibility index (Phi) is 7.30. The normalized spacial score (nSPS) is 21.2. The van der Waals surface area contributed by atoms with Crippen molar-refractivity contribution in [3.8, 4) is 0 Å². The van der Waals surface area contributed by atoms with Gasteiger partial charge >= 0.3 is 11.9 Å². The monoisotopic (exact) mass is 442 g/mol. The average Bonchev–Trinajstić information content (AvgIpc) is 3.34. The number of rotatable bonds is 4. The van der Waals surface area contributed by atoms with Gasteiger partial charge in [0, 0.05) is 12.8 Å². The van der Waals surface area contributed by atoms with Crippen LogP contribution in [0.15, 0.2) is 60.7 Å². The van der Waals surface area contributed by atoms with E-state index in [-0.39, 0.29) is 11.0 Å². The van der Waals surface area contributed by atoms with Crippen LogP contribution in [0.3, 0.4) is 0 Å². The number of hydrogen-bond acceptors (Lipinski definition) is 6. The predicted octanol–water partition coefficient (Wildman–Crippen LogP) is 2.17. The zero-order valence-electron chi connectivity index (χ0n) is 18.2. The highest BCUT2D eigenvalue weighted by Gasteiger charge is 2.53. The first-order valence-electron chi connectivity index (χ1n) is 10.6. The van der Waals surface area contributed by atoms with Crippen LogP contribution in [0.2, 0.25) is 5.04 Å². The zero-order chi connectivity index (χ0) is 22.5. The lowest BCUT2D eigenvalue weighted by Gasteiger charge is -2.44. The molecule has 0 aliphatic carbocycles. The van der Waals surface area contributed by atoms with Crippen molar-refractivity contribution >= 4 is 30.6 Å². The molecule has 0 unspecified atom stereocenters. The fourth-order valence-electron chi connectivity index (χ4n) is 3.97. The van der Waals surface area contributed by atoms with Crippen molar-refractivity contribution in [3.63, 3.8) is 0 Å². The third kappa shape index (κ3) is 5.06. The largest absolute Gasteiger partial charge is 0.464 e. The van der Waals surface area contributed by atoms with Crippen LogP contribution in [0, 0.1) is 0 Å². The molecule has 1 N–H and O–H groups in total. The van der Waals surface area contributed by atoms with E-state index in [1.54, 1.807) is 0 Å². The van der Waals surface area contributed by atoms with Gasteiger partial charge < -0.3 is 19.0 Å². The lowest BCUT2D eigenvalue weighted by Crippen LogP contribution is -2.68. The third-order valence-corrected chi connectivity index (χ3v) is 10.6. The van der Waals surface area contributed by atoms with Crippen molar-refractivity contribution in [1.82, 2.24) is 0 Å². The Morgan fingerprint density at radius 2 is 1.32 bits per heavy atom. The fourth-order valence-corrected chi connectivity index (χ4v) is 8.63. The molecule has 4 rings (SSSR count). The molecule has 0 bridgehead atoms. The van der Waals surface area contributed by atoms with Crippen molar-refractivity contribution in [2.45, 2.75) is 50.9 Å². The van der Waals surface area contributed by atoms with Crippen LogP contribution in [0.25, 0.3) is 0 Å². The minimum atomic E-state index is -2.66. The van der Waals surface area contributed by atoms with Crippen LogP contribution in [0.5, 0.6) is 0 Å². The molecule has 2 atom stereocenters. The zero-order valence-corrected chi connectivity index (χ0v) is 19.2. The lowest BCUT2D eigenvalue weighted by atomic mass is 10.2. The highest BCUT2D eigenvalue weighted by molar-refractivity contribution is 6.99. The molecule has 0 spiro atoms. The summed E-state index contributed by atoms with van der Waals surface area (Å²) in [4.78, 5) is 22.2. The van der Waals surface area contributed by atoms with E-state index < -0.39 is 26.5 Å². The minimum Gasteiger partial charge on any atom is -0.464 e. The number of ether oxygens (including phenoxy) is 2. The number of hydrogen-bond donors (Lipinski definition) is 1. The van der Waals surface area contributed by atoms with Crippen molar-refractivity contribution in [2.24, 2.45) is 0 Å². The molecule has 6 nitrogen and oxygen atoms in total.